The van der Waals surface area contributed by atoms with E-state index in [1.165, 1.54) is 64.7 Å². The Morgan fingerprint density at radius 3 is 1.95 bits per heavy atom. The topological polar surface area (TPSA) is 29.5 Å². The van der Waals surface area contributed by atoms with Crippen molar-refractivity contribution in [2.24, 2.45) is 0 Å². The van der Waals surface area contributed by atoms with Crippen molar-refractivity contribution in [3.05, 3.63) is 0 Å². The van der Waals surface area contributed by atoms with E-state index in [4.69, 9.17) is 4.84 Å². The summed E-state index contributed by atoms with van der Waals surface area (Å²) in [6, 6.07) is 0.313. The summed E-state index contributed by atoms with van der Waals surface area (Å²) in [5.41, 5.74) is 0. The van der Waals surface area contributed by atoms with Crippen LogP contribution in [0.5, 0.6) is 0 Å². The Bertz CT molecular complexity index is 219. The van der Waals surface area contributed by atoms with Crippen LogP contribution in [-0.2, 0) is 9.63 Å². The molecule has 0 rings (SSSR count). The highest BCUT2D eigenvalue weighted by Crippen LogP contribution is 2.13. The Kier molecular flexibility index (Phi) is 12.1. The molecule has 0 N–H and O–H groups in total. The maximum Gasteiger partial charge on any atom is 0.322 e. The van der Waals surface area contributed by atoms with Crippen LogP contribution in [0, 0.1) is 0 Å². The second kappa shape index (κ2) is 12.5. The second-order valence-corrected chi connectivity index (χ2v) is 5.60. The molecule has 0 amide bonds. The Hall–Kier alpha value is -0.570. The number of unbranched alkanes of at least 4 members (excludes halogenated alkanes) is 8. The molecule has 0 saturated carbocycles. The van der Waals surface area contributed by atoms with Crippen molar-refractivity contribution in [3.8, 4) is 0 Å². The van der Waals surface area contributed by atoms with Crippen LogP contribution in [0.3, 0.4) is 0 Å². The predicted molar refractivity (Wildman–Crippen MR) is 80.8 cm³/mol. The molecule has 0 aliphatic rings. The number of hydrogen-bond acceptors (Lipinski definition) is 3. The van der Waals surface area contributed by atoms with Gasteiger partial charge in [0, 0.05) is 20.0 Å². The first-order valence-corrected chi connectivity index (χ1v) is 7.99. The monoisotopic (exact) mass is 271 g/mol. The lowest BCUT2D eigenvalue weighted by atomic mass is 10.0. The Balaban J connectivity index is 3.31. The summed E-state index contributed by atoms with van der Waals surface area (Å²) in [5.74, 6) is -0.235. The van der Waals surface area contributed by atoms with Gasteiger partial charge >= 0.3 is 5.97 Å². The van der Waals surface area contributed by atoms with Crippen LogP contribution in [0.25, 0.3) is 0 Å². The van der Waals surface area contributed by atoms with Crippen LogP contribution in [-0.4, -0.2) is 24.1 Å². The third kappa shape index (κ3) is 12.2. The Morgan fingerprint density at radius 2 is 1.47 bits per heavy atom. The molecule has 0 aromatic heterocycles. The fourth-order valence-electron chi connectivity index (χ4n) is 2.22. The van der Waals surface area contributed by atoms with Crippen molar-refractivity contribution in [3.63, 3.8) is 0 Å². The van der Waals surface area contributed by atoms with E-state index in [2.05, 4.69) is 13.8 Å². The molecule has 0 aliphatic carbocycles. The summed E-state index contributed by atoms with van der Waals surface area (Å²) >= 11 is 0. The molecule has 3 nitrogen and oxygen atoms in total. The zero-order valence-corrected chi connectivity index (χ0v) is 13.4. The lowest BCUT2D eigenvalue weighted by Crippen LogP contribution is -2.30. The highest BCUT2D eigenvalue weighted by Gasteiger charge is 2.11. The van der Waals surface area contributed by atoms with E-state index in [0.29, 0.717) is 6.04 Å². The lowest BCUT2D eigenvalue weighted by Gasteiger charge is -2.22. The molecule has 0 spiro atoms. The third-order valence-corrected chi connectivity index (χ3v) is 3.62. The standard InChI is InChI=1S/C16H33NO2/c1-5-6-7-8-9-10-11-12-13-14-15(2)17(4)19-16(3)18/h15H,5-14H2,1-4H3. The molecule has 114 valence electrons. The van der Waals surface area contributed by atoms with Gasteiger partial charge in [-0.3, -0.25) is 4.79 Å². The smallest absolute Gasteiger partial charge is 0.322 e. The fraction of sp³-hybridized carbons (Fsp3) is 0.938. The molecular weight excluding hydrogens is 238 g/mol. The first-order chi connectivity index (χ1) is 9.07. The van der Waals surface area contributed by atoms with Gasteiger partial charge in [-0.2, -0.15) is 0 Å². The van der Waals surface area contributed by atoms with Crippen molar-refractivity contribution in [2.45, 2.75) is 91.0 Å². The van der Waals surface area contributed by atoms with E-state index in [1.807, 2.05) is 7.05 Å². The van der Waals surface area contributed by atoms with Gasteiger partial charge in [0.1, 0.15) is 0 Å². The van der Waals surface area contributed by atoms with Gasteiger partial charge in [0.25, 0.3) is 0 Å². The van der Waals surface area contributed by atoms with Crippen LogP contribution in [0.1, 0.15) is 85.0 Å². The van der Waals surface area contributed by atoms with Gasteiger partial charge in [0.15, 0.2) is 0 Å². The molecule has 3 heteroatoms. The minimum absolute atomic E-state index is 0.235. The lowest BCUT2D eigenvalue weighted by molar-refractivity contribution is -0.190. The van der Waals surface area contributed by atoms with Gasteiger partial charge in [-0.05, 0) is 13.3 Å². The third-order valence-electron chi connectivity index (χ3n) is 3.62. The van der Waals surface area contributed by atoms with Crippen LogP contribution in [0.15, 0.2) is 0 Å². The highest BCUT2D eigenvalue weighted by molar-refractivity contribution is 5.65. The molecule has 1 unspecified atom stereocenters. The first-order valence-electron chi connectivity index (χ1n) is 7.99. The number of hydrogen-bond donors (Lipinski definition) is 0. The number of nitrogens with zero attached hydrogens (tertiary/aromatic N) is 1. The van der Waals surface area contributed by atoms with E-state index >= 15 is 0 Å². The fourth-order valence-corrected chi connectivity index (χ4v) is 2.22. The van der Waals surface area contributed by atoms with E-state index in [0.717, 1.165) is 6.42 Å². The van der Waals surface area contributed by atoms with Crippen molar-refractivity contribution in [1.82, 2.24) is 5.06 Å². The molecule has 0 radical (unpaired) electrons. The van der Waals surface area contributed by atoms with Crippen molar-refractivity contribution in [2.75, 3.05) is 7.05 Å². The molecule has 0 heterocycles. The normalized spacial score (nSPS) is 12.7. The molecule has 0 bridgehead atoms. The van der Waals surface area contributed by atoms with Crippen molar-refractivity contribution < 1.29 is 9.63 Å². The molecule has 0 aromatic carbocycles. The number of rotatable bonds is 12. The number of hydroxylamine groups is 2. The highest BCUT2D eigenvalue weighted by atomic mass is 16.7. The summed E-state index contributed by atoms with van der Waals surface area (Å²) in [6.45, 7) is 5.81. The van der Waals surface area contributed by atoms with Gasteiger partial charge in [-0.15, -0.1) is 5.06 Å². The first kappa shape index (κ1) is 18.4. The van der Waals surface area contributed by atoms with Crippen LogP contribution >= 0.6 is 0 Å². The summed E-state index contributed by atoms with van der Waals surface area (Å²) in [4.78, 5) is 15.9. The van der Waals surface area contributed by atoms with E-state index in [1.54, 1.807) is 5.06 Å². The van der Waals surface area contributed by atoms with Crippen molar-refractivity contribution >= 4 is 5.97 Å². The maximum atomic E-state index is 10.8. The Labute approximate surface area is 119 Å². The average molecular weight is 271 g/mol. The van der Waals surface area contributed by atoms with Crippen LogP contribution in [0.4, 0.5) is 0 Å². The van der Waals surface area contributed by atoms with Crippen LogP contribution in [0.2, 0.25) is 0 Å². The van der Waals surface area contributed by atoms with E-state index < -0.39 is 0 Å². The second-order valence-electron chi connectivity index (χ2n) is 5.60. The summed E-state index contributed by atoms with van der Waals surface area (Å²) in [6.07, 6.45) is 13.2. The maximum absolute atomic E-state index is 10.8. The zero-order valence-electron chi connectivity index (χ0n) is 13.4. The average Bonchev–Trinajstić information content (AvgIpc) is 2.35. The summed E-state index contributed by atoms with van der Waals surface area (Å²) in [7, 11) is 1.83. The Morgan fingerprint density at radius 1 is 1.00 bits per heavy atom. The molecular formula is C16H33NO2. The largest absolute Gasteiger partial charge is 0.368 e. The molecule has 0 aromatic rings. The minimum atomic E-state index is -0.235. The molecule has 19 heavy (non-hydrogen) atoms. The molecule has 0 fully saturated rings. The quantitative estimate of drug-likeness (QED) is 0.380. The van der Waals surface area contributed by atoms with Gasteiger partial charge in [0.05, 0.1) is 0 Å². The molecule has 0 saturated heterocycles. The molecule has 1 atom stereocenters. The van der Waals surface area contributed by atoms with Gasteiger partial charge in [-0.1, -0.05) is 64.7 Å². The van der Waals surface area contributed by atoms with Crippen molar-refractivity contribution in [1.29, 1.82) is 0 Å². The van der Waals surface area contributed by atoms with Gasteiger partial charge in [0.2, 0.25) is 0 Å². The summed E-state index contributed by atoms with van der Waals surface area (Å²) < 4.78 is 0. The van der Waals surface area contributed by atoms with E-state index in [-0.39, 0.29) is 5.97 Å². The zero-order chi connectivity index (χ0) is 14.5. The SMILES string of the molecule is CCCCCCCCCCCC(C)N(C)OC(C)=O. The van der Waals surface area contributed by atoms with Gasteiger partial charge in [-0.25, -0.2) is 0 Å². The predicted octanol–water partition coefficient (Wildman–Crippen LogP) is 4.71. The minimum Gasteiger partial charge on any atom is -0.368 e. The van der Waals surface area contributed by atoms with Crippen LogP contribution < -0.4 is 0 Å². The van der Waals surface area contributed by atoms with E-state index in [9.17, 15) is 4.79 Å². The number of carbonyl (C=O) groups is 1. The summed E-state index contributed by atoms with van der Waals surface area (Å²) in [5, 5.41) is 1.67. The molecule has 0 aliphatic heterocycles. The van der Waals surface area contributed by atoms with Gasteiger partial charge < -0.3 is 4.84 Å². The number of carbonyl (C=O) groups excluding carboxylic acids is 1.